The molecule has 0 radical (unpaired) electrons. The van der Waals surface area contributed by atoms with E-state index >= 15 is 0 Å². The van der Waals surface area contributed by atoms with Crippen molar-refractivity contribution in [2.75, 3.05) is 18.9 Å². The number of hydrogen-bond donors (Lipinski definition) is 2. The Labute approximate surface area is 186 Å². The molecule has 0 bridgehead atoms. The number of benzene rings is 3. The number of rotatable bonds is 7. The zero-order valence-corrected chi connectivity index (χ0v) is 18.5. The summed E-state index contributed by atoms with van der Waals surface area (Å²) in [6.45, 7) is 0.464. The maximum Gasteiger partial charge on any atom is 0.270 e. The molecule has 0 spiro atoms. The summed E-state index contributed by atoms with van der Waals surface area (Å²) >= 11 is 0. The molecule has 1 heterocycles. The van der Waals surface area contributed by atoms with Gasteiger partial charge in [0, 0.05) is 19.0 Å². The highest BCUT2D eigenvalue weighted by atomic mass is 32.2. The highest BCUT2D eigenvalue weighted by Crippen LogP contribution is 2.27. The van der Waals surface area contributed by atoms with Gasteiger partial charge in [0.05, 0.1) is 23.2 Å². The molecule has 0 fully saturated rings. The fourth-order valence-electron chi connectivity index (χ4n) is 3.45. The van der Waals surface area contributed by atoms with E-state index in [-0.39, 0.29) is 10.8 Å². The third kappa shape index (κ3) is 4.45. The predicted molar refractivity (Wildman–Crippen MR) is 124 cm³/mol. The fraction of sp³-hybridized carbons (Fsp3) is 0.125. The van der Waals surface area contributed by atoms with Gasteiger partial charge in [-0.3, -0.25) is 9.52 Å². The van der Waals surface area contributed by atoms with E-state index in [0.717, 1.165) is 10.9 Å². The Bertz CT molecular complexity index is 1350. The van der Waals surface area contributed by atoms with Gasteiger partial charge in [0.15, 0.2) is 0 Å². The predicted octanol–water partition coefficient (Wildman–Crippen LogP) is 4.25. The first-order chi connectivity index (χ1) is 15.4. The van der Waals surface area contributed by atoms with Gasteiger partial charge in [-0.1, -0.05) is 42.5 Å². The molecule has 0 atom stereocenters. The number of fused-ring (bicyclic) bond motifs is 1. The molecule has 0 aliphatic carbocycles. The van der Waals surface area contributed by atoms with Gasteiger partial charge >= 0.3 is 0 Å². The topological polar surface area (TPSA) is 91.5 Å². The number of methoxy groups -OCH3 is 1. The van der Waals surface area contributed by atoms with Crippen LogP contribution in [0.2, 0.25) is 0 Å². The van der Waals surface area contributed by atoms with Crippen LogP contribution in [0.1, 0.15) is 16.1 Å². The fourth-order valence-corrected chi connectivity index (χ4v) is 4.52. The number of nitrogens with one attached hydrogen (secondary N) is 2. The monoisotopic (exact) mass is 449 g/mol. The van der Waals surface area contributed by atoms with Gasteiger partial charge < -0.3 is 14.6 Å². The molecule has 164 valence electrons. The Kier molecular flexibility index (Phi) is 5.87. The van der Waals surface area contributed by atoms with Crippen LogP contribution in [-0.4, -0.2) is 38.4 Å². The number of carbonyl (C=O) groups excluding carboxylic acids is 1. The van der Waals surface area contributed by atoms with E-state index in [0.29, 0.717) is 29.2 Å². The molecule has 4 rings (SSSR count). The Morgan fingerprint density at radius 3 is 2.41 bits per heavy atom. The molecule has 1 aromatic heterocycles. The highest BCUT2D eigenvalue weighted by Gasteiger charge is 2.19. The van der Waals surface area contributed by atoms with Crippen molar-refractivity contribution in [3.63, 3.8) is 0 Å². The Morgan fingerprint density at radius 1 is 1.00 bits per heavy atom. The molecule has 32 heavy (non-hydrogen) atoms. The molecule has 0 aliphatic heterocycles. The Hall–Kier alpha value is -3.78. The molecule has 2 N–H and O–H groups in total. The van der Waals surface area contributed by atoms with Crippen LogP contribution in [0.3, 0.4) is 0 Å². The normalized spacial score (nSPS) is 11.3. The Balaban J connectivity index is 1.59. The van der Waals surface area contributed by atoms with E-state index < -0.39 is 10.0 Å². The lowest BCUT2D eigenvalue weighted by molar-refractivity contribution is 0.0780. The van der Waals surface area contributed by atoms with Crippen molar-refractivity contribution in [2.45, 2.75) is 11.4 Å². The molecule has 1 amide bonds. The minimum Gasteiger partial charge on any atom is -0.497 e. The number of para-hydroxylation sites is 1. The van der Waals surface area contributed by atoms with Gasteiger partial charge in [-0.05, 0) is 42.0 Å². The molecule has 0 aliphatic rings. The summed E-state index contributed by atoms with van der Waals surface area (Å²) in [5.74, 6) is 0.382. The van der Waals surface area contributed by atoms with Crippen molar-refractivity contribution in [3.8, 4) is 5.75 Å². The number of ether oxygens (including phenoxy) is 1. The minimum atomic E-state index is -3.82. The van der Waals surface area contributed by atoms with Crippen LogP contribution in [0.4, 0.5) is 5.69 Å². The maximum atomic E-state index is 12.9. The molecule has 8 heteroatoms. The number of carbonyl (C=O) groups is 1. The maximum absolute atomic E-state index is 12.9. The lowest BCUT2D eigenvalue weighted by Gasteiger charge is -2.16. The molecule has 4 aromatic rings. The van der Waals surface area contributed by atoms with Crippen molar-refractivity contribution in [3.05, 3.63) is 90.1 Å². The van der Waals surface area contributed by atoms with Gasteiger partial charge in [0.2, 0.25) is 0 Å². The van der Waals surface area contributed by atoms with Crippen molar-refractivity contribution in [1.29, 1.82) is 0 Å². The number of amides is 1. The lowest BCUT2D eigenvalue weighted by Crippen LogP contribution is -2.26. The largest absolute Gasteiger partial charge is 0.497 e. The standard InChI is InChI=1S/C24H23N3O4S/c1-27(16-17-7-4-3-5-8-17)24(28)22-15-18-9-6-10-21(23(18)25-22)26-32(29,30)20-13-11-19(31-2)12-14-20/h3-15,25-26H,16H2,1-2H3. The van der Waals surface area contributed by atoms with Crippen LogP contribution >= 0.6 is 0 Å². The van der Waals surface area contributed by atoms with Crippen molar-refractivity contribution in [2.24, 2.45) is 0 Å². The molecule has 3 aromatic carbocycles. The summed E-state index contributed by atoms with van der Waals surface area (Å²) in [6.07, 6.45) is 0. The highest BCUT2D eigenvalue weighted by molar-refractivity contribution is 7.92. The quantitative estimate of drug-likeness (QED) is 0.441. The van der Waals surface area contributed by atoms with E-state index in [1.807, 2.05) is 36.4 Å². The number of nitrogens with zero attached hydrogens (tertiary/aromatic N) is 1. The lowest BCUT2D eigenvalue weighted by atomic mass is 10.2. The average molecular weight is 450 g/mol. The zero-order valence-electron chi connectivity index (χ0n) is 17.7. The summed E-state index contributed by atoms with van der Waals surface area (Å²) in [4.78, 5) is 17.8. The summed E-state index contributed by atoms with van der Waals surface area (Å²) in [5.41, 5.74) is 2.31. The van der Waals surface area contributed by atoms with Crippen LogP contribution in [0.15, 0.2) is 83.8 Å². The number of hydrogen-bond acceptors (Lipinski definition) is 4. The van der Waals surface area contributed by atoms with Gasteiger partial charge in [-0.15, -0.1) is 0 Å². The average Bonchev–Trinajstić information content (AvgIpc) is 3.24. The molecular formula is C24H23N3O4S. The molecule has 0 saturated carbocycles. The second-order valence-electron chi connectivity index (χ2n) is 7.38. The van der Waals surface area contributed by atoms with Crippen molar-refractivity contribution in [1.82, 2.24) is 9.88 Å². The van der Waals surface area contributed by atoms with Crippen LogP contribution in [0.5, 0.6) is 5.75 Å². The minimum absolute atomic E-state index is 0.112. The van der Waals surface area contributed by atoms with Gasteiger partial charge in [0.25, 0.3) is 15.9 Å². The number of aromatic amines is 1. The second-order valence-corrected chi connectivity index (χ2v) is 9.06. The molecule has 0 unspecified atom stereocenters. The summed E-state index contributed by atoms with van der Waals surface area (Å²) in [5, 5.41) is 0.733. The van der Waals surface area contributed by atoms with Crippen LogP contribution in [0.25, 0.3) is 10.9 Å². The summed E-state index contributed by atoms with van der Waals surface area (Å²) < 4.78 is 33.4. The van der Waals surface area contributed by atoms with Gasteiger partial charge in [0.1, 0.15) is 11.4 Å². The van der Waals surface area contributed by atoms with Gasteiger partial charge in [-0.2, -0.15) is 0 Å². The van der Waals surface area contributed by atoms with E-state index in [1.54, 1.807) is 42.3 Å². The molecular weight excluding hydrogens is 426 g/mol. The SMILES string of the molecule is COc1ccc(S(=O)(=O)Nc2cccc3cc(C(=O)N(C)Cc4ccccc4)[nH]c23)cc1. The van der Waals surface area contributed by atoms with Crippen LogP contribution in [0, 0.1) is 0 Å². The number of anilines is 1. The smallest absolute Gasteiger partial charge is 0.270 e. The van der Waals surface area contributed by atoms with Crippen molar-refractivity contribution < 1.29 is 17.9 Å². The summed E-state index contributed by atoms with van der Waals surface area (Å²) in [6, 6.07) is 22.8. The third-order valence-electron chi connectivity index (χ3n) is 5.11. The third-order valence-corrected chi connectivity index (χ3v) is 6.49. The zero-order chi connectivity index (χ0) is 22.7. The second kappa shape index (κ2) is 8.76. The van der Waals surface area contributed by atoms with Crippen LogP contribution in [-0.2, 0) is 16.6 Å². The van der Waals surface area contributed by atoms with Crippen molar-refractivity contribution >= 4 is 32.5 Å². The first-order valence-corrected chi connectivity index (χ1v) is 11.4. The first-order valence-electron chi connectivity index (χ1n) is 9.95. The number of aromatic nitrogens is 1. The van der Waals surface area contributed by atoms with E-state index in [4.69, 9.17) is 4.74 Å². The van der Waals surface area contributed by atoms with E-state index in [2.05, 4.69) is 9.71 Å². The number of sulfonamides is 1. The Morgan fingerprint density at radius 2 is 1.72 bits per heavy atom. The van der Waals surface area contributed by atoms with E-state index in [9.17, 15) is 13.2 Å². The summed E-state index contributed by atoms with van der Waals surface area (Å²) in [7, 11) is -0.571. The van der Waals surface area contributed by atoms with E-state index in [1.165, 1.54) is 19.2 Å². The molecule has 7 nitrogen and oxygen atoms in total. The van der Waals surface area contributed by atoms with Gasteiger partial charge in [-0.25, -0.2) is 8.42 Å². The molecule has 0 saturated heterocycles. The first kappa shape index (κ1) is 21.5. The van der Waals surface area contributed by atoms with Crippen LogP contribution < -0.4 is 9.46 Å². The number of H-pyrrole nitrogens is 1.